The Bertz CT molecular complexity index is 645. The van der Waals surface area contributed by atoms with Crippen LogP contribution in [-0.2, 0) is 11.3 Å². The van der Waals surface area contributed by atoms with Crippen LogP contribution >= 0.6 is 24.0 Å². The Kier molecular flexibility index (Phi) is 10.6. The number of guanidine groups is 1. The molecule has 0 saturated heterocycles. The van der Waals surface area contributed by atoms with Crippen LogP contribution in [0.25, 0.3) is 0 Å². The molecule has 0 aromatic carbocycles. The number of nitrogens with one attached hydrogen (secondary N) is 2. The van der Waals surface area contributed by atoms with E-state index in [-0.39, 0.29) is 35.3 Å². The number of ether oxygens (including phenoxy) is 1. The highest BCUT2D eigenvalue weighted by atomic mass is 127. The number of amides is 1. The zero-order chi connectivity index (χ0) is 19.7. The van der Waals surface area contributed by atoms with E-state index in [1.165, 1.54) is 0 Å². The van der Waals surface area contributed by atoms with Gasteiger partial charge in [-0.25, -0.2) is 9.98 Å². The predicted octanol–water partition coefficient (Wildman–Crippen LogP) is 2.80. The van der Waals surface area contributed by atoms with E-state index in [0.717, 1.165) is 37.8 Å². The van der Waals surface area contributed by atoms with Crippen molar-refractivity contribution in [2.75, 3.05) is 33.8 Å². The molecule has 0 unspecified atom stereocenters. The summed E-state index contributed by atoms with van der Waals surface area (Å²) >= 11 is 0. The molecule has 1 aromatic rings. The minimum atomic E-state index is -0.329. The van der Waals surface area contributed by atoms with Crippen LogP contribution in [0.3, 0.4) is 0 Å². The first-order valence-corrected chi connectivity index (χ1v) is 9.83. The fourth-order valence-electron chi connectivity index (χ4n) is 3.56. The summed E-state index contributed by atoms with van der Waals surface area (Å²) in [5.74, 6) is 1.53. The smallest absolute Gasteiger partial charge is 0.230 e. The van der Waals surface area contributed by atoms with Crippen molar-refractivity contribution < 1.29 is 9.53 Å². The van der Waals surface area contributed by atoms with E-state index in [4.69, 9.17) is 4.74 Å². The number of carbonyl (C=O) groups excluding carboxylic acids is 1. The molecule has 1 aliphatic rings. The summed E-state index contributed by atoms with van der Waals surface area (Å²) in [6.45, 7) is 6.36. The van der Waals surface area contributed by atoms with Gasteiger partial charge in [-0.15, -0.1) is 24.0 Å². The highest BCUT2D eigenvalue weighted by Gasteiger charge is 2.42. The molecule has 2 rings (SSSR count). The second-order valence-electron chi connectivity index (χ2n) is 7.14. The second-order valence-corrected chi connectivity index (χ2v) is 7.14. The maximum absolute atomic E-state index is 12.7. The number of halogens is 1. The van der Waals surface area contributed by atoms with Crippen molar-refractivity contribution in [1.29, 1.82) is 0 Å². The zero-order valence-electron chi connectivity index (χ0n) is 17.5. The lowest BCUT2D eigenvalue weighted by molar-refractivity contribution is -0.138. The minimum Gasteiger partial charge on any atom is -0.478 e. The highest BCUT2D eigenvalue weighted by Crippen LogP contribution is 2.38. The molecule has 0 atom stereocenters. The van der Waals surface area contributed by atoms with Gasteiger partial charge in [0.05, 0.1) is 18.6 Å². The molecule has 28 heavy (non-hydrogen) atoms. The van der Waals surface area contributed by atoms with Crippen LogP contribution in [-0.4, -0.2) is 55.5 Å². The van der Waals surface area contributed by atoms with Gasteiger partial charge in [-0.2, -0.15) is 0 Å². The van der Waals surface area contributed by atoms with Crippen molar-refractivity contribution in [3.05, 3.63) is 23.9 Å². The van der Waals surface area contributed by atoms with Gasteiger partial charge >= 0.3 is 0 Å². The van der Waals surface area contributed by atoms with Crippen LogP contribution < -0.4 is 15.4 Å². The van der Waals surface area contributed by atoms with Gasteiger partial charge in [0.1, 0.15) is 0 Å². The minimum absolute atomic E-state index is 0. The lowest BCUT2D eigenvalue weighted by Crippen LogP contribution is -2.49. The molecule has 8 heteroatoms. The molecule has 1 heterocycles. The predicted molar refractivity (Wildman–Crippen MR) is 123 cm³/mol. The van der Waals surface area contributed by atoms with Crippen molar-refractivity contribution in [2.24, 2.45) is 10.4 Å². The Hall–Kier alpha value is -1.58. The third kappa shape index (κ3) is 6.49. The Morgan fingerprint density at radius 1 is 1.29 bits per heavy atom. The molecular weight excluding hydrogens is 469 g/mol. The zero-order valence-corrected chi connectivity index (χ0v) is 19.8. The van der Waals surface area contributed by atoms with Crippen LogP contribution in [0.2, 0.25) is 0 Å². The second kappa shape index (κ2) is 12.1. The molecular formula is C20H34IN5O2. The van der Waals surface area contributed by atoms with Crippen molar-refractivity contribution in [3.8, 4) is 5.88 Å². The number of pyridine rings is 1. The van der Waals surface area contributed by atoms with E-state index in [0.29, 0.717) is 31.5 Å². The van der Waals surface area contributed by atoms with Gasteiger partial charge in [0.15, 0.2) is 5.96 Å². The van der Waals surface area contributed by atoms with Crippen molar-refractivity contribution in [2.45, 2.75) is 46.1 Å². The normalized spacial score (nSPS) is 15.5. The number of aromatic nitrogens is 1. The third-order valence-electron chi connectivity index (χ3n) is 4.90. The maximum Gasteiger partial charge on any atom is 0.230 e. The lowest BCUT2D eigenvalue weighted by atomic mass is 9.84. The molecule has 0 aliphatic heterocycles. The van der Waals surface area contributed by atoms with Gasteiger partial charge in [0, 0.05) is 38.9 Å². The number of carbonyl (C=O) groups is 1. The molecule has 1 amide bonds. The van der Waals surface area contributed by atoms with E-state index in [1.54, 1.807) is 11.1 Å². The summed E-state index contributed by atoms with van der Waals surface area (Å²) < 4.78 is 5.57. The fraction of sp³-hybridized carbons (Fsp3) is 0.650. The van der Waals surface area contributed by atoms with Gasteiger partial charge in [0.25, 0.3) is 0 Å². The molecule has 0 spiro atoms. The average Bonchev–Trinajstić information content (AvgIpc) is 3.14. The summed E-state index contributed by atoms with van der Waals surface area (Å²) in [6, 6.07) is 3.86. The largest absolute Gasteiger partial charge is 0.478 e. The summed E-state index contributed by atoms with van der Waals surface area (Å²) in [6.07, 6.45) is 5.77. The molecule has 7 nitrogen and oxygen atoms in total. The molecule has 1 fully saturated rings. The monoisotopic (exact) mass is 503 g/mol. The number of aliphatic imine (C=N–C) groups is 1. The quantitative estimate of drug-likeness (QED) is 0.324. The van der Waals surface area contributed by atoms with Crippen LogP contribution in [0.15, 0.2) is 23.3 Å². The highest BCUT2D eigenvalue weighted by molar-refractivity contribution is 14.0. The lowest BCUT2D eigenvalue weighted by Gasteiger charge is -2.31. The van der Waals surface area contributed by atoms with Gasteiger partial charge in [-0.1, -0.05) is 18.9 Å². The molecule has 1 saturated carbocycles. The van der Waals surface area contributed by atoms with Gasteiger partial charge in [-0.3, -0.25) is 4.79 Å². The van der Waals surface area contributed by atoms with E-state index in [9.17, 15) is 4.79 Å². The van der Waals surface area contributed by atoms with Gasteiger partial charge < -0.3 is 20.3 Å². The number of hydrogen-bond donors (Lipinski definition) is 2. The van der Waals surface area contributed by atoms with Crippen molar-refractivity contribution >= 4 is 35.8 Å². The molecule has 0 bridgehead atoms. The van der Waals surface area contributed by atoms with Crippen LogP contribution in [0.1, 0.15) is 45.1 Å². The first-order chi connectivity index (χ1) is 13.0. The van der Waals surface area contributed by atoms with Crippen LogP contribution in [0.5, 0.6) is 5.88 Å². The number of hydrogen-bond acceptors (Lipinski definition) is 4. The van der Waals surface area contributed by atoms with E-state index < -0.39 is 0 Å². The summed E-state index contributed by atoms with van der Waals surface area (Å²) in [5.41, 5.74) is 0.612. The average molecular weight is 503 g/mol. The molecule has 158 valence electrons. The number of nitrogens with zero attached hydrogens (tertiary/aromatic N) is 3. The van der Waals surface area contributed by atoms with E-state index >= 15 is 0 Å². The topological polar surface area (TPSA) is 78.9 Å². The standard InChI is InChI=1S/C20H33N5O2.HI/c1-5-21-19(23-14-16-10-9-13-22-17(16)27-6-2)24-15-20(11-7-8-12-20)18(26)25(3)4;/h9-10,13H,5-8,11-12,14-15H2,1-4H3,(H2,21,23,24);1H. The molecule has 0 radical (unpaired) electrons. The van der Waals surface area contributed by atoms with Gasteiger partial charge in [0.2, 0.25) is 11.8 Å². The molecule has 1 aromatic heterocycles. The van der Waals surface area contributed by atoms with Crippen molar-refractivity contribution in [1.82, 2.24) is 20.5 Å². The van der Waals surface area contributed by atoms with E-state index in [1.807, 2.05) is 40.1 Å². The van der Waals surface area contributed by atoms with Crippen LogP contribution in [0, 0.1) is 5.41 Å². The Morgan fingerprint density at radius 2 is 2.00 bits per heavy atom. The molecule has 1 aliphatic carbocycles. The summed E-state index contributed by atoms with van der Waals surface area (Å²) in [5, 5.41) is 6.66. The fourth-order valence-corrected chi connectivity index (χ4v) is 3.56. The summed E-state index contributed by atoms with van der Waals surface area (Å²) in [7, 11) is 3.67. The van der Waals surface area contributed by atoms with Gasteiger partial charge in [-0.05, 0) is 32.8 Å². The van der Waals surface area contributed by atoms with Crippen molar-refractivity contribution in [3.63, 3.8) is 0 Å². The SMILES string of the molecule is CCNC(=NCc1cccnc1OCC)NCC1(C(=O)N(C)C)CCCC1.I. The molecule has 2 N–H and O–H groups in total. The first kappa shape index (κ1) is 24.5. The Balaban J connectivity index is 0.00000392. The number of rotatable bonds is 8. The Morgan fingerprint density at radius 3 is 2.61 bits per heavy atom. The summed E-state index contributed by atoms with van der Waals surface area (Å²) in [4.78, 5) is 23.4. The third-order valence-corrected chi connectivity index (χ3v) is 4.90. The van der Waals surface area contributed by atoms with E-state index in [2.05, 4.69) is 20.6 Å². The Labute approximate surface area is 185 Å². The first-order valence-electron chi connectivity index (χ1n) is 9.83. The maximum atomic E-state index is 12.7. The van der Waals surface area contributed by atoms with Crippen LogP contribution in [0.4, 0.5) is 0 Å².